The molecule has 2 N–H and O–H groups in total. The summed E-state index contributed by atoms with van der Waals surface area (Å²) in [4.78, 5) is 6.47. The molecule has 2 aromatic rings. The zero-order valence-corrected chi connectivity index (χ0v) is 15.7. The Bertz CT molecular complexity index is 694. The van der Waals surface area contributed by atoms with E-state index in [1.165, 1.54) is 5.56 Å². The number of hydrogen-bond acceptors (Lipinski definition) is 4. The predicted molar refractivity (Wildman–Crippen MR) is 101 cm³/mol. The van der Waals surface area contributed by atoms with Crippen LogP contribution < -0.4 is 15.4 Å². The average Bonchev–Trinajstić information content (AvgIpc) is 3.03. The fourth-order valence-corrected chi connectivity index (χ4v) is 2.59. The van der Waals surface area contributed by atoms with E-state index in [1.54, 1.807) is 14.2 Å². The molecule has 1 heterocycles. The lowest BCUT2D eigenvalue weighted by molar-refractivity contribution is 0.298. The molecule has 0 aliphatic rings. The number of aromatic nitrogens is 2. The average molecular weight is 344 g/mol. The second-order valence-corrected chi connectivity index (χ2v) is 6.08. The van der Waals surface area contributed by atoms with Crippen molar-refractivity contribution in [3.05, 3.63) is 47.8 Å². The lowest BCUT2D eigenvalue weighted by atomic mass is 10.1. The topological polar surface area (TPSA) is 66.7 Å². The Labute approximate surface area is 149 Å². The van der Waals surface area contributed by atoms with Gasteiger partial charge in [-0.15, -0.1) is 0 Å². The number of guanidine groups is 1. The van der Waals surface area contributed by atoms with Gasteiger partial charge in [0.1, 0.15) is 5.75 Å². The van der Waals surface area contributed by atoms with Crippen molar-refractivity contribution in [3.63, 3.8) is 0 Å². The smallest absolute Gasteiger partial charge is 0.191 e. The monoisotopic (exact) mass is 344 g/mol. The van der Waals surface area contributed by atoms with E-state index in [0.717, 1.165) is 23.8 Å². The third kappa shape index (κ3) is 5.49. The molecule has 0 saturated carbocycles. The number of hydrogen-bond donors (Lipinski definition) is 2. The Morgan fingerprint density at radius 1 is 1.36 bits per heavy atom. The van der Waals surface area contributed by atoms with Gasteiger partial charge in [0.15, 0.2) is 5.96 Å². The first-order valence-electron chi connectivity index (χ1n) is 8.26. The summed E-state index contributed by atoms with van der Waals surface area (Å²) in [5, 5.41) is 11.0. The van der Waals surface area contributed by atoms with Crippen LogP contribution in [-0.2, 0) is 13.6 Å². The van der Waals surface area contributed by atoms with Crippen LogP contribution in [0.25, 0.3) is 0 Å². The van der Waals surface area contributed by atoms with E-state index in [2.05, 4.69) is 45.8 Å². The van der Waals surface area contributed by atoms with Gasteiger partial charge in [0.05, 0.1) is 19.3 Å². The molecule has 7 heteroatoms. The van der Waals surface area contributed by atoms with E-state index < -0.39 is 0 Å². The first kappa shape index (κ1) is 18.8. The van der Waals surface area contributed by atoms with Gasteiger partial charge in [0.2, 0.25) is 0 Å². The zero-order chi connectivity index (χ0) is 18.2. The number of nitrogens with one attached hydrogen (secondary N) is 2. The Kier molecular flexibility index (Phi) is 6.82. The van der Waals surface area contributed by atoms with Gasteiger partial charge in [-0.25, -0.2) is 0 Å². The molecule has 1 atom stereocenters. The molecular formula is C18H28N6O. The summed E-state index contributed by atoms with van der Waals surface area (Å²) in [6, 6.07) is 8.20. The van der Waals surface area contributed by atoms with Gasteiger partial charge in [0.25, 0.3) is 0 Å². The van der Waals surface area contributed by atoms with Crippen molar-refractivity contribution >= 4 is 5.96 Å². The molecule has 0 bridgehead atoms. The van der Waals surface area contributed by atoms with E-state index >= 15 is 0 Å². The summed E-state index contributed by atoms with van der Waals surface area (Å²) in [6.07, 6.45) is 3.94. The summed E-state index contributed by atoms with van der Waals surface area (Å²) in [6.45, 7) is 1.41. The van der Waals surface area contributed by atoms with Gasteiger partial charge in [0, 0.05) is 38.9 Å². The van der Waals surface area contributed by atoms with E-state index in [0.29, 0.717) is 6.54 Å². The molecule has 1 aromatic heterocycles. The van der Waals surface area contributed by atoms with E-state index in [4.69, 9.17) is 4.74 Å². The zero-order valence-electron chi connectivity index (χ0n) is 15.7. The molecule has 1 unspecified atom stereocenters. The summed E-state index contributed by atoms with van der Waals surface area (Å²) >= 11 is 0. The van der Waals surface area contributed by atoms with Crippen molar-refractivity contribution < 1.29 is 4.74 Å². The standard InChI is InChI=1S/C18H28N6O/c1-19-18(20-10-14-7-6-8-16(9-14)25-5)21-12-17(23(2)3)15-11-22-24(4)13-15/h6-9,11,13,17H,10,12H2,1-5H3,(H2,19,20,21). The minimum atomic E-state index is 0.212. The molecule has 0 spiro atoms. The highest BCUT2D eigenvalue weighted by Crippen LogP contribution is 2.16. The minimum absolute atomic E-state index is 0.212. The van der Waals surface area contributed by atoms with Crippen LogP contribution in [-0.4, -0.2) is 55.4 Å². The van der Waals surface area contributed by atoms with Crippen molar-refractivity contribution in [1.29, 1.82) is 0 Å². The highest BCUT2D eigenvalue weighted by Gasteiger charge is 2.16. The van der Waals surface area contributed by atoms with Crippen molar-refractivity contribution in [3.8, 4) is 5.75 Å². The molecule has 0 aliphatic heterocycles. The van der Waals surface area contributed by atoms with E-state index in [1.807, 2.05) is 42.3 Å². The quantitative estimate of drug-likeness (QED) is 0.587. The maximum absolute atomic E-state index is 5.26. The molecule has 0 aliphatic carbocycles. The van der Waals surface area contributed by atoms with Crippen molar-refractivity contribution in [2.24, 2.45) is 12.0 Å². The fourth-order valence-electron chi connectivity index (χ4n) is 2.59. The molecule has 0 fully saturated rings. The van der Waals surface area contributed by atoms with Gasteiger partial charge < -0.3 is 20.3 Å². The van der Waals surface area contributed by atoms with E-state index in [9.17, 15) is 0 Å². The van der Waals surface area contributed by atoms with Crippen molar-refractivity contribution in [1.82, 2.24) is 25.3 Å². The van der Waals surface area contributed by atoms with Crippen molar-refractivity contribution in [2.45, 2.75) is 12.6 Å². The number of aryl methyl sites for hydroxylation is 1. The largest absolute Gasteiger partial charge is 0.497 e. The van der Waals surface area contributed by atoms with Crippen LogP contribution >= 0.6 is 0 Å². The van der Waals surface area contributed by atoms with Crippen LogP contribution in [0.15, 0.2) is 41.7 Å². The molecule has 2 rings (SSSR count). The SMILES string of the molecule is CN=C(NCc1cccc(OC)c1)NCC(c1cnn(C)c1)N(C)C. The number of benzene rings is 1. The van der Waals surface area contributed by atoms with Gasteiger partial charge in [-0.2, -0.15) is 5.10 Å². The molecule has 25 heavy (non-hydrogen) atoms. The second-order valence-electron chi connectivity index (χ2n) is 6.08. The molecule has 0 amide bonds. The second kappa shape index (κ2) is 9.08. The predicted octanol–water partition coefficient (Wildman–Crippen LogP) is 1.40. The minimum Gasteiger partial charge on any atom is -0.497 e. The van der Waals surface area contributed by atoms with Crippen LogP contribution in [0.1, 0.15) is 17.2 Å². The Balaban J connectivity index is 1.92. The molecule has 0 saturated heterocycles. The van der Waals surface area contributed by atoms with Crippen LogP contribution in [0.4, 0.5) is 0 Å². The lowest BCUT2D eigenvalue weighted by Gasteiger charge is -2.24. The normalized spacial score (nSPS) is 13.0. The fraction of sp³-hybridized carbons (Fsp3) is 0.444. The van der Waals surface area contributed by atoms with Crippen LogP contribution in [0.5, 0.6) is 5.75 Å². The first-order chi connectivity index (χ1) is 12.0. The maximum Gasteiger partial charge on any atom is 0.191 e. The van der Waals surface area contributed by atoms with E-state index in [-0.39, 0.29) is 6.04 Å². The highest BCUT2D eigenvalue weighted by atomic mass is 16.5. The lowest BCUT2D eigenvalue weighted by Crippen LogP contribution is -2.41. The number of nitrogens with zero attached hydrogens (tertiary/aromatic N) is 4. The first-order valence-corrected chi connectivity index (χ1v) is 8.26. The number of ether oxygens (including phenoxy) is 1. The number of likely N-dealkylation sites (N-methyl/N-ethyl adjacent to an activating group) is 1. The Morgan fingerprint density at radius 3 is 2.76 bits per heavy atom. The molecular weight excluding hydrogens is 316 g/mol. The summed E-state index contributed by atoms with van der Waals surface area (Å²) < 4.78 is 7.08. The van der Waals surface area contributed by atoms with Gasteiger partial charge in [-0.3, -0.25) is 9.67 Å². The van der Waals surface area contributed by atoms with Crippen LogP contribution in [0.2, 0.25) is 0 Å². The van der Waals surface area contributed by atoms with Gasteiger partial charge in [-0.1, -0.05) is 12.1 Å². The van der Waals surface area contributed by atoms with Crippen molar-refractivity contribution in [2.75, 3.05) is 34.8 Å². The third-order valence-corrected chi connectivity index (χ3v) is 4.01. The summed E-state index contributed by atoms with van der Waals surface area (Å²) in [5.74, 6) is 1.62. The maximum atomic E-state index is 5.26. The molecule has 1 aromatic carbocycles. The highest BCUT2D eigenvalue weighted by molar-refractivity contribution is 5.79. The molecule has 7 nitrogen and oxygen atoms in total. The van der Waals surface area contributed by atoms with Crippen LogP contribution in [0.3, 0.4) is 0 Å². The summed E-state index contributed by atoms with van der Waals surface area (Å²) in [5.41, 5.74) is 2.31. The number of rotatable bonds is 7. The Hall–Kier alpha value is -2.54. The third-order valence-electron chi connectivity index (χ3n) is 4.01. The van der Waals surface area contributed by atoms with Crippen LogP contribution in [0, 0.1) is 0 Å². The molecule has 0 radical (unpaired) electrons. The number of methoxy groups -OCH3 is 1. The number of aliphatic imine (C=N–C) groups is 1. The summed E-state index contributed by atoms with van der Waals surface area (Å²) in [7, 11) is 9.50. The Morgan fingerprint density at radius 2 is 2.16 bits per heavy atom. The van der Waals surface area contributed by atoms with Gasteiger partial charge in [-0.05, 0) is 31.8 Å². The van der Waals surface area contributed by atoms with Gasteiger partial charge >= 0.3 is 0 Å². The molecule has 136 valence electrons.